The van der Waals surface area contributed by atoms with E-state index in [1.165, 1.54) is 15.8 Å². The van der Waals surface area contributed by atoms with Gasteiger partial charge in [-0.1, -0.05) is 106 Å². The van der Waals surface area contributed by atoms with Gasteiger partial charge in [0.25, 0.3) is 0 Å². The minimum atomic E-state index is -2.37. The van der Waals surface area contributed by atoms with Crippen molar-refractivity contribution in [3.63, 3.8) is 0 Å². The van der Waals surface area contributed by atoms with E-state index in [1.807, 2.05) is 6.20 Å². The minimum Gasteiger partial charge on any atom is -0.360 e. The molecule has 0 saturated carbocycles. The molecule has 0 bridgehead atoms. The second kappa shape index (κ2) is 7.18. The molecule has 0 amide bonds. The summed E-state index contributed by atoms with van der Waals surface area (Å²) in [4.78, 5) is 3.36. The second-order valence-corrected chi connectivity index (χ2v) is 12.6. The molecule has 0 saturated heterocycles. The van der Waals surface area contributed by atoms with Crippen LogP contribution in [0, 0.1) is 11.5 Å². The maximum Gasteiger partial charge on any atom is 0.204 e. The molecular weight excluding hydrogens is 354 g/mol. The Labute approximate surface area is 168 Å². The lowest BCUT2D eigenvalue weighted by Gasteiger charge is -2.39. The van der Waals surface area contributed by atoms with E-state index in [-0.39, 0.29) is 5.04 Å². The van der Waals surface area contributed by atoms with Crippen LogP contribution >= 0.6 is 0 Å². The molecule has 0 unspecified atom stereocenters. The van der Waals surface area contributed by atoms with Crippen LogP contribution in [0.1, 0.15) is 26.3 Å². The van der Waals surface area contributed by atoms with E-state index in [0.29, 0.717) is 0 Å². The monoisotopic (exact) mass is 379 g/mol. The molecule has 1 heterocycles. The number of hydrogen-bond donors (Lipinski definition) is 1. The first-order valence-corrected chi connectivity index (χ1v) is 11.7. The van der Waals surface area contributed by atoms with Crippen LogP contribution in [0.4, 0.5) is 0 Å². The van der Waals surface area contributed by atoms with Crippen LogP contribution in [0.2, 0.25) is 5.04 Å². The van der Waals surface area contributed by atoms with Gasteiger partial charge >= 0.3 is 0 Å². The second-order valence-electron chi connectivity index (χ2n) is 8.23. The Balaban J connectivity index is 1.99. The van der Waals surface area contributed by atoms with Gasteiger partial charge in [-0.2, -0.15) is 0 Å². The lowest BCUT2D eigenvalue weighted by molar-refractivity contribution is 0.740. The first-order chi connectivity index (χ1) is 13.5. The Morgan fingerprint density at radius 3 is 1.82 bits per heavy atom. The predicted octanol–water partition coefficient (Wildman–Crippen LogP) is 5.12. The first kappa shape index (κ1) is 18.3. The van der Waals surface area contributed by atoms with Crippen LogP contribution < -0.4 is 10.4 Å². The topological polar surface area (TPSA) is 15.8 Å². The number of H-pyrrole nitrogens is 1. The maximum absolute atomic E-state index is 3.87. The summed E-state index contributed by atoms with van der Waals surface area (Å²) in [5.74, 6) is 3.59. The van der Waals surface area contributed by atoms with Gasteiger partial charge in [-0.15, -0.1) is 5.54 Å². The van der Waals surface area contributed by atoms with Crippen LogP contribution in [0.3, 0.4) is 0 Å². The highest BCUT2D eigenvalue weighted by molar-refractivity contribution is 7.10. The average Bonchev–Trinajstić information content (AvgIpc) is 3.12. The maximum atomic E-state index is 3.87. The Morgan fingerprint density at radius 1 is 0.714 bits per heavy atom. The molecule has 0 aliphatic rings. The zero-order valence-electron chi connectivity index (χ0n) is 16.7. The van der Waals surface area contributed by atoms with Crippen LogP contribution in [-0.2, 0) is 0 Å². The van der Waals surface area contributed by atoms with Crippen molar-refractivity contribution in [2.75, 3.05) is 0 Å². The van der Waals surface area contributed by atoms with Crippen LogP contribution in [-0.4, -0.2) is 13.1 Å². The Bertz CT molecular complexity index is 1100. The van der Waals surface area contributed by atoms with Crippen molar-refractivity contribution in [1.29, 1.82) is 0 Å². The van der Waals surface area contributed by atoms with Crippen LogP contribution in [0.25, 0.3) is 10.9 Å². The van der Waals surface area contributed by atoms with E-state index in [4.69, 9.17) is 0 Å². The smallest absolute Gasteiger partial charge is 0.204 e. The van der Waals surface area contributed by atoms with Crippen molar-refractivity contribution in [1.82, 2.24) is 4.98 Å². The van der Waals surface area contributed by atoms with E-state index >= 15 is 0 Å². The molecule has 1 aromatic heterocycles. The number of benzene rings is 3. The van der Waals surface area contributed by atoms with Gasteiger partial charge in [-0.3, -0.25) is 0 Å². The molecule has 3 aromatic carbocycles. The number of rotatable bonds is 2. The van der Waals surface area contributed by atoms with Gasteiger partial charge in [0.05, 0.1) is 0 Å². The summed E-state index contributed by atoms with van der Waals surface area (Å²) in [6.07, 6.45) is 2.04. The van der Waals surface area contributed by atoms with E-state index < -0.39 is 8.07 Å². The third-order valence-corrected chi connectivity index (χ3v) is 10.7. The fourth-order valence-corrected chi connectivity index (χ4v) is 8.51. The van der Waals surface area contributed by atoms with Crippen molar-refractivity contribution in [3.8, 4) is 11.5 Å². The normalized spacial score (nSPS) is 11.8. The molecule has 1 nitrogen and oxygen atoms in total. The third kappa shape index (κ3) is 3.09. The molecule has 4 rings (SSSR count). The largest absolute Gasteiger partial charge is 0.360 e. The number of aromatic amines is 1. The Hall–Kier alpha value is -3.02. The number of aromatic nitrogens is 1. The summed E-state index contributed by atoms with van der Waals surface area (Å²) in [5.41, 5.74) is 6.08. The van der Waals surface area contributed by atoms with Gasteiger partial charge in [-0.25, -0.2) is 0 Å². The highest BCUT2D eigenvalue weighted by Crippen LogP contribution is 2.35. The van der Waals surface area contributed by atoms with Crippen LogP contribution in [0.5, 0.6) is 0 Å². The summed E-state index contributed by atoms with van der Waals surface area (Å²) in [5, 5.41) is 3.95. The van der Waals surface area contributed by atoms with Crippen molar-refractivity contribution in [2.45, 2.75) is 25.8 Å². The molecule has 2 heteroatoms. The Kier molecular flexibility index (Phi) is 4.71. The summed E-state index contributed by atoms with van der Waals surface area (Å²) >= 11 is 0. The number of hydrogen-bond acceptors (Lipinski definition) is 0. The standard InChI is InChI=1S/C26H25NSi/c1-26(2,3)28(22-12-6-4-7-13-22,23-14-8-5-9-15-23)19-18-21-20-27-25-17-11-10-16-24(21)25/h4-17,20,27H,1-3H3. The molecule has 0 fully saturated rings. The van der Waals surface area contributed by atoms with Crippen molar-refractivity contribution in [3.05, 3.63) is 96.7 Å². The lowest BCUT2D eigenvalue weighted by Crippen LogP contribution is -2.63. The molecule has 0 aliphatic heterocycles. The molecule has 0 aliphatic carbocycles. The van der Waals surface area contributed by atoms with Crippen molar-refractivity contribution >= 4 is 29.4 Å². The Morgan fingerprint density at radius 2 is 1.25 bits per heavy atom. The fraction of sp³-hybridized carbons (Fsp3) is 0.154. The summed E-state index contributed by atoms with van der Waals surface area (Å²) in [7, 11) is -2.37. The van der Waals surface area contributed by atoms with Gasteiger partial charge in [0.15, 0.2) is 0 Å². The molecular formula is C26H25NSi. The molecule has 0 atom stereocenters. The zero-order chi connectivity index (χ0) is 19.6. The number of fused-ring (bicyclic) bond motifs is 1. The van der Waals surface area contributed by atoms with Gasteiger partial charge in [0, 0.05) is 22.7 Å². The highest BCUT2D eigenvalue weighted by Gasteiger charge is 2.47. The quantitative estimate of drug-likeness (QED) is 0.367. The average molecular weight is 380 g/mol. The van der Waals surface area contributed by atoms with Gasteiger partial charge < -0.3 is 4.98 Å². The summed E-state index contributed by atoms with van der Waals surface area (Å²) in [6.45, 7) is 7.01. The first-order valence-electron chi connectivity index (χ1n) is 9.73. The van der Waals surface area contributed by atoms with Gasteiger partial charge in [0.1, 0.15) is 0 Å². The van der Waals surface area contributed by atoms with Gasteiger partial charge in [0.2, 0.25) is 8.07 Å². The molecule has 28 heavy (non-hydrogen) atoms. The molecule has 1 N–H and O–H groups in total. The van der Waals surface area contributed by atoms with E-state index in [9.17, 15) is 0 Å². The zero-order valence-corrected chi connectivity index (χ0v) is 17.7. The van der Waals surface area contributed by atoms with E-state index in [0.717, 1.165) is 11.1 Å². The summed E-state index contributed by atoms with van der Waals surface area (Å²) < 4.78 is 0. The minimum absolute atomic E-state index is 0.0365. The lowest BCUT2D eigenvalue weighted by atomic mass is 10.2. The van der Waals surface area contributed by atoms with Gasteiger partial charge in [-0.05, 0) is 21.5 Å². The number of nitrogens with one attached hydrogen (secondary N) is 1. The predicted molar refractivity (Wildman–Crippen MR) is 123 cm³/mol. The molecule has 0 radical (unpaired) electrons. The third-order valence-electron chi connectivity index (χ3n) is 5.51. The SMILES string of the molecule is CC(C)(C)[Si](C#Cc1c[nH]c2ccccc12)(c1ccccc1)c1ccccc1. The van der Waals surface area contributed by atoms with E-state index in [1.54, 1.807) is 0 Å². The summed E-state index contributed by atoms with van der Waals surface area (Å²) in [6, 6.07) is 30.1. The number of para-hydroxylation sites is 1. The van der Waals surface area contributed by atoms with Crippen molar-refractivity contribution < 1.29 is 0 Å². The molecule has 4 aromatic rings. The fourth-order valence-electron chi connectivity index (χ4n) is 4.08. The van der Waals surface area contributed by atoms with E-state index in [2.05, 4.69) is 122 Å². The molecule has 138 valence electrons. The molecule has 0 spiro atoms. The highest BCUT2D eigenvalue weighted by atomic mass is 28.3. The van der Waals surface area contributed by atoms with Crippen LogP contribution in [0.15, 0.2) is 91.1 Å². The van der Waals surface area contributed by atoms with Crippen molar-refractivity contribution in [2.24, 2.45) is 0 Å².